The summed E-state index contributed by atoms with van der Waals surface area (Å²) in [5, 5.41) is 8.81. The van der Waals surface area contributed by atoms with E-state index in [0.29, 0.717) is 17.6 Å². The highest BCUT2D eigenvalue weighted by molar-refractivity contribution is 7.11. The third kappa shape index (κ3) is 4.91. The van der Waals surface area contributed by atoms with Gasteiger partial charge in [0.25, 0.3) is 0 Å². The van der Waals surface area contributed by atoms with E-state index >= 15 is 0 Å². The van der Waals surface area contributed by atoms with Crippen LogP contribution in [0, 0.1) is 19.8 Å². The average molecular weight is 353 g/mol. The van der Waals surface area contributed by atoms with Crippen LogP contribution in [-0.4, -0.2) is 20.7 Å². The second kappa shape index (κ2) is 7.75. The Morgan fingerprint density at radius 3 is 2.83 bits per heavy atom. The molecular weight excluding hydrogens is 332 g/mol. The molecule has 0 saturated heterocycles. The molecule has 0 spiro atoms. The van der Waals surface area contributed by atoms with Crippen LogP contribution >= 0.6 is 22.9 Å². The molecule has 0 aromatic carbocycles. The number of aromatic nitrogens is 3. The lowest BCUT2D eigenvalue weighted by Gasteiger charge is -2.05. The van der Waals surface area contributed by atoms with Crippen molar-refractivity contribution < 1.29 is 4.79 Å². The summed E-state index contributed by atoms with van der Waals surface area (Å²) in [5.74, 6) is 0.290. The number of rotatable bonds is 6. The van der Waals surface area contributed by atoms with Crippen LogP contribution in [0.25, 0.3) is 6.08 Å². The molecule has 0 unspecified atom stereocenters. The first kappa shape index (κ1) is 17.7. The molecule has 1 N–H and O–H groups in total. The molecule has 5 nitrogen and oxygen atoms in total. The lowest BCUT2D eigenvalue weighted by atomic mass is 10.2. The summed E-state index contributed by atoms with van der Waals surface area (Å²) in [5.41, 5.74) is 1.61. The first-order valence-corrected chi connectivity index (χ1v) is 8.66. The lowest BCUT2D eigenvalue weighted by Crippen LogP contribution is -2.19. The van der Waals surface area contributed by atoms with E-state index < -0.39 is 0 Å². The summed E-state index contributed by atoms with van der Waals surface area (Å²) in [4.78, 5) is 17.1. The van der Waals surface area contributed by atoms with Gasteiger partial charge in [0.1, 0.15) is 5.15 Å². The van der Waals surface area contributed by atoms with Crippen molar-refractivity contribution in [3.05, 3.63) is 38.6 Å². The standard InChI is InChI=1S/C16H21ClN4OS/c1-10(2)9-21-16(17)14(11(3)20-21)5-6-15(22)19-8-13-7-18-12(4)23-13/h5-7,10H,8-9H2,1-4H3,(H,19,22). The summed E-state index contributed by atoms with van der Waals surface area (Å²) < 4.78 is 1.78. The third-order valence-electron chi connectivity index (χ3n) is 3.15. The summed E-state index contributed by atoms with van der Waals surface area (Å²) in [6, 6.07) is 0. The Labute approximate surface area is 145 Å². The maximum Gasteiger partial charge on any atom is 0.244 e. The Bertz CT molecular complexity index is 718. The average Bonchev–Trinajstić information content (AvgIpc) is 2.99. The van der Waals surface area contributed by atoms with Crippen LogP contribution in [0.5, 0.6) is 0 Å². The molecule has 2 aromatic rings. The predicted octanol–water partition coefficient (Wildman–Crippen LogP) is 3.60. The van der Waals surface area contributed by atoms with Gasteiger partial charge in [0, 0.05) is 29.3 Å². The van der Waals surface area contributed by atoms with Crippen molar-refractivity contribution in [2.75, 3.05) is 0 Å². The summed E-state index contributed by atoms with van der Waals surface area (Å²) in [6.45, 7) is 9.28. The molecule has 2 heterocycles. The minimum atomic E-state index is -0.164. The quantitative estimate of drug-likeness (QED) is 0.808. The van der Waals surface area contributed by atoms with Gasteiger partial charge in [-0.25, -0.2) is 4.98 Å². The maximum atomic E-state index is 11.9. The summed E-state index contributed by atoms with van der Waals surface area (Å²) >= 11 is 7.92. The Balaban J connectivity index is 1.99. The van der Waals surface area contributed by atoms with Crippen molar-refractivity contribution in [1.29, 1.82) is 0 Å². The van der Waals surface area contributed by atoms with E-state index in [0.717, 1.165) is 27.7 Å². The Morgan fingerprint density at radius 2 is 2.22 bits per heavy atom. The van der Waals surface area contributed by atoms with Crippen LogP contribution in [0.15, 0.2) is 12.3 Å². The third-order valence-corrected chi connectivity index (χ3v) is 4.47. The van der Waals surface area contributed by atoms with Crippen molar-refractivity contribution in [2.24, 2.45) is 5.92 Å². The van der Waals surface area contributed by atoms with Crippen LogP contribution in [-0.2, 0) is 17.9 Å². The number of nitrogens with zero attached hydrogens (tertiary/aromatic N) is 3. The van der Waals surface area contributed by atoms with Crippen molar-refractivity contribution in [3.8, 4) is 0 Å². The van der Waals surface area contributed by atoms with Gasteiger partial charge >= 0.3 is 0 Å². The van der Waals surface area contributed by atoms with Gasteiger partial charge in [0.15, 0.2) is 0 Å². The van der Waals surface area contributed by atoms with Crippen molar-refractivity contribution in [2.45, 2.75) is 40.8 Å². The first-order valence-electron chi connectivity index (χ1n) is 7.47. The minimum absolute atomic E-state index is 0.164. The van der Waals surface area contributed by atoms with E-state index in [1.807, 2.05) is 13.8 Å². The normalized spacial score (nSPS) is 11.6. The zero-order chi connectivity index (χ0) is 17.0. The zero-order valence-corrected chi connectivity index (χ0v) is 15.3. The molecule has 7 heteroatoms. The molecular formula is C16H21ClN4OS. The smallest absolute Gasteiger partial charge is 0.244 e. The number of carbonyl (C=O) groups excluding carboxylic acids is 1. The van der Waals surface area contributed by atoms with Crippen molar-refractivity contribution >= 4 is 34.9 Å². The molecule has 23 heavy (non-hydrogen) atoms. The second-order valence-electron chi connectivity index (χ2n) is 5.76. The molecule has 2 aromatic heterocycles. The number of amides is 1. The Kier molecular flexibility index (Phi) is 5.96. The highest BCUT2D eigenvalue weighted by Gasteiger charge is 2.12. The van der Waals surface area contributed by atoms with E-state index in [-0.39, 0.29) is 5.91 Å². The zero-order valence-electron chi connectivity index (χ0n) is 13.8. The van der Waals surface area contributed by atoms with Crippen molar-refractivity contribution in [1.82, 2.24) is 20.1 Å². The molecule has 2 rings (SSSR count). The van der Waals surface area contributed by atoms with Gasteiger partial charge in [-0.05, 0) is 25.8 Å². The number of hydrogen-bond donors (Lipinski definition) is 1. The van der Waals surface area contributed by atoms with E-state index in [1.54, 1.807) is 28.3 Å². The van der Waals surface area contributed by atoms with Crippen LogP contribution < -0.4 is 5.32 Å². The van der Waals surface area contributed by atoms with Gasteiger partial charge in [0.05, 0.1) is 17.2 Å². The number of hydrogen-bond acceptors (Lipinski definition) is 4. The highest BCUT2D eigenvalue weighted by atomic mass is 35.5. The lowest BCUT2D eigenvalue weighted by molar-refractivity contribution is -0.116. The minimum Gasteiger partial charge on any atom is -0.348 e. The molecule has 0 aliphatic carbocycles. The number of nitrogens with one attached hydrogen (secondary N) is 1. The number of halogens is 1. The van der Waals surface area contributed by atoms with E-state index in [2.05, 4.69) is 29.2 Å². The largest absolute Gasteiger partial charge is 0.348 e. The number of carbonyl (C=O) groups is 1. The first-order chi connectivity index (χ1) is 10.9. The highest BCUT2D eigenvalue weighted by Crippen LogP contribution is 2.22. The summed E-state index contributed by atoms with van der Waals surface area (Å²) in [7, 11) is 0. The van der Waals surface area contributed by atoms with E-state index in [1.165, 1.54) is 6.08 Å². The molecule has 0 fully saturated rings. The molecule has 0 aliphatic rings. The predicted molar refractivity (Wildman–Crippen MR) is 94.5 cm³/mol. The van der Waals surface area contributed by atoms with Gasteiger partial charge in [-0.3, -0.25) is 9.48 Å². The topological polar surface area (TPSA) is 59.8 Å². The molecule has 0 radical (unpaired) electrons. The van der Waals surface area contributed by atoms with Crippen LogP contribution in [0.1, 0.15) is 35.0 Å². The van der Waals surface area contributed by atoms with Crippen LogP contribution in [0.2, 0.25) is 5.15 Å². The SMILES string of the molecule is Cc1ncc(CNC(=O)C=Cc2c(C)nn(CC(C)C)c2Cl)s1. The fourth-order valence-electron chi connectivity index (χ4n) is 2.10. The van der Waals surface area contributed by atoms with Gasteiger partial charge in [-0.15, -0.1) is 11.3 Å². The molecule has 124 valence electrons. The summed E-state index contributed by atoms with van der Waals surface area (Å²) in [6.07, 6.45) is 4.99. The fourth-order valence-corrected chi connectivity index (χ4v) is 3.14. The molecule has 1 amide bonds. The van der Waals surface area contributed by atoms with E-state index in [9.17, 15) is 4.79 Å². The van der Waals surface area contributed by atoms with Gasteiger partial charge < -0.3 is 5.32 Å². The fraction of sp³-hybridized carbons (Fsp3) is 0.438. The Morgan fingerprint density at radius 1 is 1.48 bits per heavy atom. The molecule has 0 saturated carbocycles. The number of aryl methyl sites for hydroxylation is 2. The molecule has 0 bridgehead atoms. The van der Waals surface area contributed by atoms with Crippen molar-refractivity contribution in [3.63, 3.8) is 0 Å². The van der Waals surface area contributed by atoms with Crippen LogP contribution in [0.3, 0.4) is 0 Å². The Hall–Kier alpha value is -1.66. The van der Waals surface area contributed by atoms with Gasteiger partial charge in [-0.2, -0.15) is 5.10 Å². The maximum absolute atomic E-state index is 11.9. The van der Waals surface area contributed by atoms with Gasteiger partial charge in [0.2, 0.25) is 5.91 Å². The monoisotopic (exact) mass is 352 g/mol. The van der Waals surface area contributed by atoms with E-state index in [4.69, 9.17) is 11.6 Å². The van der Waals surface area contributed by atoms with Gasteiger partial charge in [-0.1, -0.05) is 25.4 Å². The van der Waals surface area contributed by atoms with Crippen LogP contribution in [0.4, 0.5) is 0 Å². The molecule has 0 aliphatic heterocycles. The second-order valence-corrected chi connectivity index (χ2v) is 7.44. The molecule has 0 atom stereocenters. The number of thiazole rings is 1.